The van der Waals surface area contributed by atoms with Crippen LogP contribution in [0.15, 0.2) is 54.7 Å². The Morgan fingerprint density at radius 3 is 2.50 bits per heavy atom. The van der Waals surface area contributed by atoms with Crippen LogP contribution < -0.4 is 15.4 Å². The van der Waals surface area contributed by atoms with Gasteiger partial charge in [-0.15, -0.1) is 0 Å². The van der Waals surface area contributed by atoms with Crippen LogP contribution in [0.4, 0.5) is 23.8 Å². The molecule has 2 amide bonds. The Morgan fingerprint density at radius 1 is 1.00 bits per heavy atom. The van der Waals surface area contributed by atoms with E-state index < -0.39 is 23.5 Å². The Labute approximate surface area is 158 Å². The third-order valence-corrected chi connectivity index (χ3v) is 3.63. The van der Waals surface area contributed by atoms with Crippen molar-refractivity contribution < 1.29 is 22.7 Å². The molecule has 0 spiro atoms. The van der Waals surface area contributed by atoms with Gasteiger partial charge in [-0.05, 0) is 23.8 Å². The maximum Gasteiger partial charge on any atom is 0.320 e. The number of amides is 2. The van der Waals surface area contributed by atoms with E-state index in [1.165, 1.54) is 42.5 Å². The van der Waals surface area contributed by atoms with Gasteiger partial charge in [-0.3, -0.25) is 5.32 Å². The number of hydrogen-bond acceptors (Lipinski definition) is 4. The normalized spacial score (nSPS) is 10.4. The molecule has 3 aromatic rings. The van der Waals surface area contributed by atoms with Crippen LogP contribution in [0.2, 0.25) is 0 Å². The summed E-state index contributed by atoms with van der Waals surface area (Å²) in [5, 5.41) is 4.62. The second-order valence-corrected chi connectivity index (χ2v) is 5.66. The molecule has 0 radical (unpaired) electrons. The molecule has 144 valence electrons. The smallest absolute Gasteiger partial charge is 0.320 e. The number of anilines is 1. The third kappa shape index (κ3) is 5.19. The largest absolute Gasteiger partial charge is 0.459 e. The summed E-state index contributed by atoms with van der Waals surface area (Å²) in [5.41, 5.74) is 0.940. The van der Waals surface area contributed by atoms with E-state index in [-0.39, 0.29) is 30.5 Å². The zero-order valence-corrected chi connectivity index (χ0v) is 14.5. The molecule has 0 aliphatic rings. The van der Waals surface area contributed by atoms with Crippen molar-refractivity contribution in [1.29, 1.82) is 0 Å². The zero-order chi connectivity index (χ0) is 19.9. The molecule has 28 heavy (non-hydrogen) atoms. The molecule has 0 aliphatic heterocycles. The minimum Gasteiger partial charge on any atom is -0.459 e. The van der Waals surface area contributed by atoms with E-state index in [4.69, 9.17) is 4.74 Å². The van der Waals surface area contributed by atoms with Crippen molar-refractivity contribution in [2.24, 2.45) is 0 Å². The van der Waals surface area contributed by atoms with E-state index in [1.807, 2.05) is 0 Å². The molecule has 2 aromatic carbocycles. The van der Waals surface area contributed by atoms with Crippen molar-refractivity contribution in [2.45, 2.75) is 13.2 Å². The molecule has 6 nitrogen and oxygen atoms in total. The first-order valence-corrected chi connectivity index (χ1v) is 8.19. The standard InChI is InChI=1S/C19H15F3N4O2/c20-14-7-5-12(6-8-14)11-28-19-24-10-16(22)17(26-19)25-18(27)23-9-13-3-1-2-4-15(13)21/h1-8,10H,9,11H2,(H2,23,24,25,26,27). The van der Waals surface area contributed by atoms with Gasteiger partial charge >= 0.3 is 12.0 Å². The molecule has 2 N–H and O–H groups in total. The minimum absolute atomic E-state index is 0.0326. The number of carbonyl (C=O) groups is 1. The van der Waals surface area contributed by atoms with Crippen molar-refractivity contribution in [1.82, 2.24) is 15.3 Å². The molecule has 0 unspecified atom stereocenters. The highest BCUT2D eigenvalue weighted by Crippen LogP contribution is 2.15. The van der Waals surface area contributed by atoms with Crippen LogP contribution in [-0.2, 0) is 13.2 Å². The first-order chi connectivity index (χ1) is 13.5. The van der Waals surface area contributed by atoms with Crippen LogP contribution in [0.3, 0.4) is 0 Å². The Kier molecular flexibility index (Phi) is 6.05. The number of nitrogens with one attached hydrogen (secondary N) is 2. The van der Waals surface area contributed by atoms with E-state index in [0.29, 0.717) is 5.56 Å². The van der Waals surface area contributed by atoms with Crippen molar-refractivity contribution in [3.8, 4) is 6.01 Å². The summed E-state index contributed by atoms with van der Waals surface area (Å²) in [4.78, 5) is 19.4. The summed E-state index contributed by atoms with van der Waals surface area (Å²) >= 11 is 0. The molecule has 9 heteroatoms. The van der Waals surface area contributed by atoms with E-state index in [0.717, 1.165) is 6.20 Å². The summed E-state index contributed by atoms with van der Waals surface area (Å²) in [7, 11) is 0. The van der Waals surface area contributed by atoms with Gasteiger partial charge in [-0.25, -0.2) is 22.9 Å². The molecule has 1 aromatic heterocycles. The lowest BCUT2D eigenvalue weighted by Crippen LogP contribution is -2.29. The SMILES string of the molecule is O=C(NCc1ccccc1F)Nc1nc(OCc2ccc(F)cc2)ncc1F. The van der Waals surface area contributed by atoms with Crippen molar-refractivity contribution in [2.75, 3.05) is 5.32 Å². The Morgan fingerprint density at radius 2 is 1.75 bits per heavy atom. The lowest BCUT2D eigenvalue weighted by Gasteiger charge is -2.10. The van der Waals surface area contributed by atoms with E-state index in [2.05, 4.69) is 20.6 Å². The summed E-state index contributed by atoms with van der Waals surface area (Å²) in [5.74, 6) is -2.10. The molecular formula is C19H15F3N4O2. The van der Waals surface area contributed by atoms with Crippen molar-refractivity contribution >= 4 is 11.8 Å². The van der Waals surface area contributed by atoms with Crippen LogP contribution in [0, 0.1) is 17.5 Å². The topological polar surface area (TPSA) is 76.1 Å². The van der Waals surface area contributed by atoms with Crippen LogP contribution in [0.1, 0.15) is 11.1 Å². The maximum atomic E-state index is 13.8. The third-order valence-electron chi connectivity index (χ3n) is 3.63. The highest BCUT2D eigenvalue weighted by atomic mass is 19.1. The highest BCUT2D eigenvalue weighted by Gasteiger charge is 2.12. The number of aromatic nitrogens is 2. The first kappa shape index (κ1) is 19.2. The van der Waals surface area contributed by atoms with Gasteiger partial charge in [0, 0.05) is 12.1 Å². The molecule has 0 saturated heterocycles. The number of ether oxygens (including phenoxy) is 1. The molecular weight excluding hydrogens is 373 g/mol. The van der Waals surface area contributed by atoms with Gasteiger partial charge in [0.1, 0.15) is 18.2 Å². The second kappa shape index (κ2) is 8.85. The first-order valence-electron chi connectivity index (χ1n) is 8.19. The summed E-state index contributed by atoms with van der Waals surface area (Å²) in [6.45, 7) is -0.0516. The Bertz CT molecular complexity index is 968. The fourth-order valence-corrected chi connectivity index (χ4v) is 2.21. The number of benzene rings is 2. The number of urea groups is 1. The molecule has 0 saturated carbocycles. The van der Waals surface area contributed by atoms with Crippen molar-refractivity contribution in [3.05, 3.63) is 83.3 Å². The quantitative estimate of drug-likeness (QED) is 0.674. The number of halogens is 3. The van der Waals surface area contributed by atoms with Gasteiger partial charge in [0.15, 0.2) is 11.6 Å². The van der Waals surface area contributed by atoms with Gasteiger partial charge in [-0.1, -0.05) is 30.3 Å². The molecule has 0 aliphatic carbocycles. The van der Waals surface area contributed by atoms with Crippen LogP contribution in [0.5, 0.6) is 6.01 Å². The van der Waals surface area contributed by atoms with Gasteiger partial charge in [0.05, 0.1) is 6.20 Å². The lowest BCUT2D eigenvalue weighted by atomic mass is 10.2. The van der Waals surface area contributed by atoms with E-state index in [1.54, 1.807) is 6.07 Å². The summed E-state index contributed by atoms with van der Waals surface area (Å²) in [6, 6.07) is 10.6. The number of hydrogen-bond donors (Lipinski definition) is 2. The monoisotopic (exact) mass is 388 g/mol. The van der Waals surface area contributed by atoms with Crippen molar-refractivity contribution in [3.63, 3.8) is 0 Å². The predicted octanol–water partition coefficient (Wildman–Crippen LogP) is 3.79. The van der Waals surface area contributed by atoms with Crippen LogP contribution >= 0.6 is 0 Å². The number of rotatable bonds is 6. The number of carbonyl (C=O) groups excluding carboxylic acids is 1. The molecule has 1 heterocycles. The predicted molar refractivity (Wildman–Crippen MR) is 95.0 cm³/mol. The maximum absolute atomic E-state index is 13.8. The Balaban J connectivity index is 1.58. The lowest BCUT2D eigenvalue weighted by molar-refractivity contribution is 0.251. The second-order valence-electron chi connectivity index (χ2n) is 5.66. The fourth-order valence-electron chi connectivity index (χ4n) is 2.21. The van der Waals surface area contributed by atoms with E-state index in [9.17, 15) is 18.0 Å². The van der Waals surface area contributed by atoms with Gasteiger partial charge in [0.2, 0.25) is 0 Å². The fraction of sp³-hybridized carbons (Fsp3) is 0.105. The zero-order valence-electron chi connectivity index (χ0n) is 14.5. The van der Waals surface area contributed by atoms with E-state index >= 15 is 0 Å². The molecule has 0 bridgehead atoms. The van der Waals surface area contributed by atoms with Crippen LogP contribution in [-0.4, -0.2) is 16.0 Å². The average Bonchev–Trinajstić information content (AvgIpc) is 2.69. The minimum atomic E-state index is -0.866. The molecule has 3 rings (SSSR count). The van der Waals surface area contributed by atoms with Crippen LogP contribution in [0.25, 0.3) is 0 Å². The van der Waals surface area contributed by atoms with Gasteiger partial charge < -0.3 is 10.1 Å². The van der Waals surface area contributed by atoms with Gasteiger partial charge in [-0.2, -0.15) is 4.98 Å². The summed E-state index contributed by atoms with van der Waals surface area (Å²) in [6.07, 6.45) is 0.847. The highest BCUT2D eigenvalue weighted by molar-refractivity contribution is 5.88. The molecule has 0 atom stereocenters. The number of nitrogens with zero attached hydrogens (tertiary/aromatic N) is 2. The average molecular weight is 388 g/mol. The summed E-state index contributed by atoms with van der Waals surface area (Å²) < 4.78 is 45.6. The van der Waals surface area contributed by atoms with Gasteiger partial charge in [0.25, 0.3) is 0 Å². The molecule has 0 fully saturated rings. The Hall–Kier alpha value is -3.62.